The Labute approximate surface area is 210 Å². The van der Waals surface area contributed by atoms with Crippen LogP contribution in [0.2, 0.25) is 10.0 Å². The minimum absolute atomic E-state index is 0.00415. The predicted molar refractivity (Wildman–Crippen MR) is 131 cm³/mol. The normalized spacial score (nSPS) is 12.0. The van der Waals surface area contributed by atoms with Crippen molar-refractivity contribution in [2.75, 3.05) is 19.5 Å². The van der Waals surface area contributed by atoms with Crippen LogP contribution >= 0.6 is 70.2 Å². The maximum Gasteiger partial charge on any atom is 0.228 e. The average Bonchev–Trinajstić information content (AvgIpc) is 2.69. The van der Waals surface area contributed by atoms with E-state index >= 15 is 0 Å². The average molecular weight is 546 g/mol. The van der Waals surface area contributed by atoms with E-state index in [1.807, 2.05) is 0 Å². The Kier molecular flexibility index (Phi) is 9.61. The second-order valence-electron chi connectivity index (χ2n) is 6.10. The van der Waals surface area contributed by atoms with Crippen LogP contribution in [-0.4, -0.2) is 35.2 Å². The number of para-hydroxylation sites is 1. The zero-order chi connectivity index (χ0) is 23.2. The lowest BCUT2D eigenvalue weighted by atomic mass is 10.1. The molecular formula is C19H18Cl5N3O3S. The van der Waals surface area contributed by atoms with Gasteiger partial charge in [-0.05, 0) is 42.0 Å². The first-order chi connectivity index (χ1) is 14.5. The Morgan fingerprint density at radius 3 is 2.19 bits per heavy atom. The number of ether oxygens (including phenoxy) is 2. The molecule has 1 unspecified atom stereocenters. The number of anilines is 1. The van der Waals surface area contributed by atoms with Crippen molar-refractivity contribution < 1.29 is 14.3 Å². The van der Waals surface area contributed by atoms with Gasteiger partial charge in [0.2, 0.25) is 9.70 Å². The summed E-state index contributed by atoms with van der Waals surface area (Å²) in [5.74, 6) is 0.614. The van der Waals surface area contributed by atoms with Gasteiger partial charge in [0.25, 0.3) is 0 Å². The molecule has 2 aromatic rings. The van der Waals surface area contributed by atoms with E-state index in [-0.39, 0.29) is 11.5 Å². The van der Waals surface area contributed by atoms with Gasteiger partial charge in [-0.2, -0.15) is 0 Å². The highest BCUT2D eigenvalue weighted by Gasteiger charge is 2.34. The lowest BCUT2D eigenvalue weighted by Crippen LogP contribution is -2.56. The van der Waals surface area contributed by atoms with Crippen molar-refractivity contribution in [3.8, 4) is 11.5 Å². The molecule has 168 valence electrons. The van der Waals surface area contributed by atoms with Crippen molar-refractivity contribution in [1.29, 1.82) is 0 Å². The summed E-state index contributed by atoms with van der Waals surface area (Å²) in [6.07, 6.45) is -1.15. The van der Waals surface area contributed by atoms with E-state index in [0.29, 0.717) is 32.8 Å². The molecule has 0 radical (unpaired) electrons. The number of hydrogen-bond donors (Lipinski definition) is 3. The van der Waals surface area contributed by atoms with Gasteiger partial charge in [0.15, 0.2) is 16.6 Å². The molecule has 0 aliphatic heterocycles. The van der Waals surface area contributed by atoms with Crippen molar-refractivity contribution in [2.45, 2.75) is 16.4 Å². The van der Waals surface area contributed by atoms with Crippen LogP contribution in [0.1, 0.15) is 5.56 Å². The molecular weight excluding hydrogens is 528 g/mol. The van der Waals surface area contributed by atoms with Gasteiger partial charge in [0, 0.05) is 0 Å². The van der Waals surface area contributed by atoms with Crippen LogP contribution in [0.5, 0.6) is 11.5 Å². The fraction of sp³-hybridized carbons (Fsp3) is 0.263. The standard InChI is InChI=1S/C19H18Cl5N3O3S/c1-29-13-7-6-10(8-14(13)30-2)9-15(28)25-17(19(22,23)24)27-18(31)26-16-11(20)4-3-5-12(16)21/h3-8,17H,9H2,1-2H3,(H,25,28)(H2,26,27,31). The van der Waals surface area contributed by atoms with Gasteiger partial charge >= 0.3 is 0 Å². The highest BCUT2D eigenvalue weighted by molar-refractivity contribution is 7.80. The molecule has 1 amide bonds. The van der Waals surface area contributed by atoms with E-state index in [9.17, 15) is 4.79 Å². The number of amides is 1. The highest BCUT2D eigenvalue weighted by Crippen LogP contribution is 2.32. The summed E-state index contributed by atoms with van der Waals surface area (Å²) in [6, 6.07) is 10.1. The number of carbonyl (C=O) groups is 1. The largest absolute Gasteiger partial charge is 0.493 e. The van der Waals surface area contributed by atoms with E-state index in [1.165, 1.54) is 14.2 Å². The molecule has 0 aliphatic rings. The summed E-state index contributed by atoms with van der Waals surface area (Å²) in [7, 11) is 3.03. The lowest BCUT2D eigenvalue weighted by Gasteiger charge is -2.28. The molecule has 3 N–H and O–H groups in total. The Morgan fingerprint density at radius 2 is 1.65 bits per heavy atom. The Morgan fingerprint density at radius 1 is 1.03 bits per heavy atom. The van der Waals surface area contributed by atoms with Crippen LogP contribution in [-0.2, 0) is 11.2 Å². The van der Waals surface area contributed by atoms with Crippen LogP contribution < -0.4 is 25.4 Å². The summed E-state index contributed by atoms with van der Waals surface area (Å²) in [6.45, 7) is 0. The molecule has 0 fully saturated rings. The predicted octanol–water partition coefficient (Wildman–Crippen LogP) is 5.35. The van der Waals surface area contributed by atoms with Gasteiger partial charge in [-0.25, -0.2) is 0 Å². The van der Waals surface area contributed by atoms with Gasteiger partial charge in [0.1, 0.15) is 6.17 Å². The van der Waals surface area contributed by atoms with Gasteiger partial charge < -0.3 is 25.4 Å². The minimum atomic E-state index is -1.91. The SMILES string of the molecule is COc1ccc(CC(=O)NC(NC(=S)Nc2c(Cl)cccc2Cl)C(Cl)(Cl)Cl)cc1OC. The Bertz CT molecular complexity index is 936. The molecule has 1 atom stereocenters. The number of methoxy groups -OCH3 is 2. The van der Waals surface area contributed by atoms with Crippen LogP contribution in [0.4, 0.5) is 5.69 Å². The van der Waals surface area contributed by atoms with Crippen molar-refractivity contribution >= 4 is 86.9 Å². The maximum absolute atomic E-state index is 12.6. The smallest absolute Gasteiger partial charge is 0.228 e. The number of benzene rings is 2. The van der Waals surface area contributed by atoms with E-state index in [2.05, 4.69) is 16.0 Å². The topological polar surface area (TPSA) is 71.6 Å². The molecule has 31 heavy (non-hydrogen) atoms. The first-order valence-electron chi connectivity index (χ1n) is 8.63. The second kappa shape index (κ2) is 11.5. The third-order valence-corrected chi connectivity index (χ3v) is 5.43. The molecule has 0 bridgehead atoms. The summed E-state index contributed by atoms with van der Waals surface area (Å²) in [5, 5.41) is 8.92. The minimum Gasteiger partial charge on any atom is -0.493 e. The zero-order valence-electron chi connectivity index (χ0n) is 16.3. The molecule has 12 heteroatoms. The summed E-state index contributed by atoms with van der Waals surface area (Å²) >= 11 is 35.5. The van der Waals surface area contributed by atoms with Gasteiger partial charge in [0.05, 0.1) is 36.4 Å². The second-order valence-corrected chi connectivity index (χ2v) is 9.69. The molecule has 2 aromatic carbocycles. The molecule has 0 aliphatic carbocycles. The fourth-order valence-electron chi connectivity index (χ4n) is 2.49. The zero-order valence-corrected chi connectivity index (χ0v) is 20.9. The molecule has 2 rings (SSSR count). The quantitative estimate of drug-likeness (QED) is 0.248. The number of rotatable bonds is 7. The molecule has 6 nitrogen and oxygen atoms in total. The Balaban J connectivity index is 2.07. The maximum atomic E-state index is 12.6. The van der Waals surface area contributed by atoms with Gasteiger partial charge in [-0.3, -0.25) is 4.79 Å². The van der Waals surface area contributed by atoms with E-state index in [0.717, 1.165) is 0 Å². The number of halogens is 5. The molecule has 0 spiro atoms. The summed E-state index contributed by atoms with van der Waals surface area (Å²) in [5.41, 5.74) is 1.05. The first kappa shape index (κ1) is 25.9. The lowest BCUT2D eigenvalue weighted by molar-refractivity contribution is -0.121. The third kappa shape index (κ3) is 7.63. The van der Waals surface area contributed by atoms with Crippen LogP contribution in [0.3, 0.4) is 0 Å². The third-order valence-electron chi connectivity index (χ3n) is 3.92. The monoisotopic (exact) mass is 543 g/mol. The van der Waals surface area contributed by atoms with Crippen molar-refractivity contribution in [2.24, 2.45) is 0 Å². The van der Waals surface area contributed by atoms with Crippen LogP contribution in [0.15, 0.2) is 36.4 Å². The number of alkyl halides is 3. The fourth-order valence-corrected chi connectivity index (χ4v) is 3.52. The number of hydrogen-bond acceptors (Lipinski definition) is 4. The van der Waals surface area contributed by atoms with Crippen molar-refractivity contribution in [3.05, 3.63) is 52.0 Å². The summed E-state index contributed by atoms with van der Waals surface area (Å²) < 4.78 is 8.52. The molecule has 0 heterocycles. The molecule has 0 saturated carbocycles. The van der Waals surface area contributed by atoms with Gasteiger partial charge in [-0.1, -0.05) is 70.1 Å². The molecule has 0 saturated heterocycles. The van der Waals surface area contributed by atoms with Crippen LogP contribution in [0.25, 0.3) is 0 Å². The van der Waals surface area contributed by atoms with E-state index in [1.54, 1.807) is 36.4 Å². The highest BCUT2D eigenvalue weighted by atomic mass is 35.6. The number of thiocarbonyl (C=S) groups is 1. The van der Waals surface area contributed by atoms with E-state index in [4.69, 9.17) is 79.7 Å². The summed E-state index contributed by atoms with van der Waals surface area (Å²) in [4.78, 5) is 12.6. The first-order valence-corrected chi connectivity index (χ1v) is 10.9. The van der Waals surface area contributed by atoms with Crippen molar-refractivity contribution in [3.63, 3.8) is 0 Å². The Hall–Kier alpha value is -1.35. The number of carbonyl (C=O) groups excluding carboxylic acids is 1. The number of nitrogens with one attached hydrogen (secondary N) is 3. The van der Waals surface area contributed by atoms with Crippen molar-refractivity contribution in [1.82, 2.24) is 10.6 Å². The molecule has 0 aromatic heterocycles. The van der Waals surface area contributed by atoms with Gasteiger partial charge in [-0.15, -0.1) is 0 Å². The van der Waals surface area contributed by atoms with E-state index < -0.39 is 15.9 Å². The van der Waals surface area contributed by atoms with Crippen LogP contribution in [0, 0.1) is 0 Å².